The molecule has 0 saturated carbocycles. The molecule has 0 aliphatic carbocycles. The number of carbonyl (C=O) groups is 1. The van der Waals surface area contributed by atoms with Crippen molar-refractivity contribution >= 4 is 16.7 Å². The predicted molar refractivity (Wildman–Crippen MR) is 110 cm³/mol. The Bertz CT molecular complexity index is 909. The summed E-state index contributed by atoms with van der Waals surface area (Å²) in [4.78, 5) is 14.4. The van der Waals surface area contributed by atoms with E-state index in [0.717, 1.165) is 23.2 Å². The zero-order chi connectivity index (χ0) is 19.2. The van der Waals surface area contributed by atoms with Crippen LogP contribution in [0.2, 0.25) is 0 Å². The maximum atomic E-state index is 12.3. The molecular formula is C23H26N2O2. The fourth-order valence-corrected chi connectivity index (χ4v) is 3.22. The van der Waals surface area contributed by atoms with Crippen molar-refractivity contribution in [2.75, 3.05) is 20.7 Å². The van der Waals surface area contributed by atoms with E-state index < -0.39 is 0 Å². The van der Waals surface area contributed by atoms with E-state index in [2.05, 4.69) is 29.6 Å². The predicted octanol–water partition coefficient (Wildman–Crippen LogP) is 4.16. The highest BCUT2D eigenvalue weighted by Crippen LogP contribution is 2.22. The first-order valence-electron chi connectivity index (χ1n) is 9.14. The number of nitrogens with zero attached hydrogens (tertiary/aromatic N) is 1. The zero-order valence-corrected chi connectivity index (χ0v) is 16.1. The minimum Gasteiger partial charge on any atom is -0.497 e. The first-order chi connectivity index (χ1) is 13.0. The van der Waals surface area contributed by atoms with Crippen molar-refractivity contribution in [3.63, 3.8) is 0 Å². The summed E-state index contributed by atoms with van der Waals surface area (Å²) < 4.78 is 5.27. The molecule has 4 nitrogen and oxygen atoms in total. The number of methoxy groups -OCH3 is 1. The van der Waals surface area contributed by atoms with Crippen molar-refractivity contribution in [1.82, 2.24) is 10.2 Å². The lowest BCUT2D eigenvalue weighted by molar-refractivity contribution is -0.122. The average molecular weight is 362 g/mol. The highest BCUT2D eigenvalue weighted by Gasteiger charge is 2.12. The van der Waals surface area contributed by atoms with E-state index >= 15 is 0 Å². The SMILES string of the molecule is COc1ccc2cc(CN(C)CC(=O)N[C@@H](C)c3ccccc3)ccc2c1. The van der Waals surface area contributed by atoms with Crippen LogP contribution in [0.1, 0.15) is 24.1 Å². The minimum atomic E-state index is 0.00255. The molecule has 0 fully saturated rings. The van der Waals surface area contributed by atoms with E-state index in [1.807, 2.05) is 61.3 Å². The van der Waals surface area contributed by atoms with Gasteiger partial charge in [0.1, 0.15) is 5.75 Å². The number of nitrogens with one attached hydrogen (secondary N) is 1. The van der Waals surface area contributed by atoms with Gasteiger partial charge in [-0.15, -0.1) is 0 Å². The van der Waals surface area contributed by atoms with Gasteiger partial charge in [-0.3, -0.25) is 9.69 Å². The van der Waals surface area contributed by atoms with Gasteiger partial charge in [-0.1, -0.05) is 48.5 Å². The summed E-state index contributed by atoms with van der Waals surface area (Å²) in [6.07, 6.45) is 0. The number of carbonyl (C=O) groups excluding carboxylic acids is 1. The highest BCUT2D eigenvalue weighted by atomic mass is 16.5. The Kier molecular flexibility index (Phi) is 6.09. The smallest absolute Gasteiger partial charge is 0.234 e. The Morgan fingerprint density at radius 1 is 1.04 bits per heavy atom. The highest BCUT2D eigenvalue weighted by molar-refractivity contribution is 5.84. The molecule has 0 aromatic heterocycles. The Morgan fingerprint density at radius 3 is 2.48 bits per heavy atom. The number of likely N-dealkylation sites (N-methyl/N-ethyl adjacent to an activating group) is 1. The maximum Gasteiger partial charge on any atom is 0.234 e. The van der Waals surface area contributed by atoms with Crippen LogP contribution in [-0.4, -0.2) is 31.5 Å². The van der Waals surface area contributed by atoms with Gasteiger partial charge in [0.05, 0.1) is 19.7 Å². The second kappa shape index (κ2) is 8.69. The first kappa shape index (κ1) is 18.9. The van der Waals surface area contributed by atoms with Gasteiger partial charge >= 0.3 is 0 Å². The molecule has 3 aromatic carbocycles. The lowest BCUT2D eigenvalue weighted by atomic mass is 10.1. The van der Waals surface area contributed by atoms with Gasteiger partial charge in [0.15, 0.2) is 0 Å². The van der Waals surface area contributed by atoms with Crippen LogP contribution in [-0.2, 0) is 11.3 Å². The Labute approximate surface area is 160 Å². The first-order valence-corrected chi connectivity index (χ1v) is 9.14. The molecule has 0 unspecified atom stereocenters. The van der Waals surface area contributed by atoms with Crippen LogP contribution in [0.3, 0.4) is 0 Å². The molecule has 0 aliphatic heterocycles. The summed E-state index contributed by atoms with van der Waals surface area (Å²) in [5.74, 6) is 0.885. The molecule has 0 bridgehead atoms. The molecule has 0 saturated heterocycles. The van der Waals surface area contributed by atoms with Crippen molar-refractivity contribution in [3.05, 3.63) is 77.9 Å². The van der Waals surface area contributed by atoms with Crippen molar-refractivity contribution in [2.45, 2.75) is 19.5 Å². The van der Waals surface area contributed by atoms with Crippen LogP contribution in [0.25, 0.3) is 10.8 Å². The summed E-state index contributed by atoms with van der Waals surface area (Å²) >= 11 is 0. The van der Waals surface area contributed by atoms with Gasteiger partial charge in [-0.25, -0.2) is 0 Å². The van der Waals surface area contributed by atoms with E-state index in [0.29, 0.717) is 6.54 Å². The maximum absolute atomic E-state index is 12.3. The van der Waals surface area contributed by atoms with Gasteiger partial charge in [-0.2, -0.15) is 0 Å². The van der Waals surface area contributed by atoms with E-state index in [9.17, 15) is 4.79 Å². The number of fused-ring (bicyclic) bond motifs is 1. The van der Waals surface area contributed by atoms with E-state index in [-0.39, 0.29) is 11.9 Å². The topological polar surface area (TPSA) is 41.6 Å². The third-order valence-corrected chi connectivity index (χ3v) is 4.65. The van der Waals surface area contributed by atoms with E-state index in [1.165, 1.54) is 10.9 Å². The standard InChI is InChI=1S/C23H26N2O2/c1-17(19-7-5-4-6-8-19)24-23(26)16-25(2)15-18-9-10-21-14-22(27-3)12-11-20(21)13-18/h4-14,17H,15-16H2,1-3H3,(H,24,26)/t17-/m0/s1. The van der Waals surface area contributed by atoms with Crippen LogP contribution < -0.4 is 10.1 Å². The monoisotopic (exact) mass is 362 g/mol. The van der Waals surface area contributed by atoms with Crippen LogP contribution in [0.4, 0.5) is 0 Å². The van der Waals surface area contributed by atoms with Gasteiger partial charge in [0.2, 0.25) is 5.91 Å². The van der Waals surface area contributed by atoms with Crippen LogP contribution in [0.5, 0.6) is 5.75 Å². The quantitative estimate of drug-likeness (QED) is 0.686. The molecular weight excluding hydrogens is 336 g/mol. The van der Waals surface area contributed by atoms with E-state index in [1.54, 1.807) is 7.11 Å². The number of rotatable bonds is 7. The second-order valence-corrected chi connectivity index (χ2v) is 6.92. The fourth-order valence-electron chi connectivity index (χ4n) is 3.22. The van der Waals surface area contributed by atoms with Gasteiger partial charge in [-0.05, 0) is 54.1 Å². The summed E-state index contributed by atoms with van der Waals surface area (Å²) in [5, 5.41) is 5.38. The summed E-state index contributed by atoms with van der Waals surface area (Å²) in [5.41, 5.74) is 2.29. The molecule has 0 spiro atoms. The molecule has 140 valence electrons. The lowest BCUT2D eigenvalue weighted by Gasteiger charge is -2.19. The van der Waals surface area contributed by atoms with Crippen LogP contribution in [0, 0.1) is 0 Å². The molecule has 0 radical (unpaired) electrons. The van der Waals surface area contributed by atoms with Gasteiger partial charge < -0.3 is 10.1 Å². The lowest BCUT2D eigenvalue weighted by Crippen LogP contribution is -2.36. The third-order valence-electron chi connectivity index (χ3n) is 4.65. The van der Waals surface area contributed by atoms with Crippen molar-refractivity contribution in [2.24, 2.45) is 0 Å². The number of hydrogen-bond acceptors (Lipinski definition) is 3. The number of amides is 1. The van der Waals surface area contributed by atoms with Crippen LogP contribution in [0.15, 0.2) is 66.7 Å². The van der Waals surface area contributed by atoms with Crippen molar-refractivity contribution in [1.29, 1.82) is 0 Å². The molecule has 3 rings (SSSR count). The summed E-state index contributed by atoms with van der Waals surface area (Å²) in [7, 11) is 3.64. The summed E-state index contributed by atoms with van der Waals surface area (Å²) in [6.45, 7) is 3.08. The van der Waals surface area contributed by atoms with Crippen molar-refractivity contribution in [3.8, 4) is 5.75 Å². The number of ether oxygens (including phenoxy) is 1. The number of hydrogen-bond donors (Lipinski definition) is 1. The zero-order valence-electron chi connectivity index (χ0n) is 16.1. The largest absolute Gasteiger partial charge is 0.497 e. The molecule has 27 heavy (non-hydrogen) atoms. The molecule has 3 aromatic rings. The Morgan fingerprint density at radius 2 is 1.74 bits per heavy atom. The minimum absolute atomic E-state index is 0.00255. The number of benzene rings is 3. The van der Waals surface area contributed by atoms with Gasteiger partial charge in [0.25, 0.3) is 0 Å². The molecule has 0 heterocycles. The molecule has 0 aliphatic rings. The fraction of sp³-hybridized carbons (Fsp3) is 0.261. The van der Waals surface area contributed by atoms with Gasteiger partial charge in [0, 0.05) is 6.54 Å². The van der Waals surface area contributed by atoms with Crippen molar-refractivity contribution < 1.29 is 9.53 Å². The van der Waals surface area contributed by atoms with E-state index in [4.69, 9.17) is 4.74 Å². The molecule has 4 heteroatoms. The Balaban J connectivity index is 1.57. The third kappa shape index (κ3) is 5.08. The summed E-state index contributed by atoms with van der Waals surface area (Å²) in [6, 6.07) is 22.4. The molecule has 1 atom stereocenters. The average Bonchev–Trinajstić information content (AvgIpc) is 2.68. The normalized spacial score (nSPS) is 12.1. The Hall–Kier alpha value is -2.85. The second-order valence-electron chi connectivity index (χ2n) is 6.92. The van der Waals surface area contributed by atoms with Crippen LogP contribution >= 0.6 is 0 Å². The molecule has 1 amide bonds. The molecule has 1 N–H and O–H groups in total.